The summed E-state index contributed by atoms with van der Waals surface area (Å²) in [5.41, 5.74) is 0.904. The molecule has 12 heteroatoms. The van der Waals surface area contributed by atoms with Gasteiger partial charge in [0.2, 0.25) is 0 Å². The van der Waals surface area contributed by atoms with Crippen molar-refractivity contribution in [2.45, 2.75) is 30.3 Å². The van der Waals surface area contributed by atoms with E-state index in [4.69, 9.17) is 10.3 Å². The minimum atomic E-state index is -3.86. The topological polar surface area (TPSA) is 132 Å². The minimum absolute atomic E-state index is 0.0180. The number of aliphatic hydroxyl groups is 1. The van der Waals surface area contributed by atoms with Crippen molar-refractivity contribution in [2.75, 3.05) is 39.0 Å². The Morgan fingerprint density at radius 3 is 2.61 bits per heavy atom. The largest absolute Gasteiger partial charge is 0.395 e. The number of hydrogen-bond donors (Lipinski definition) is 3. The smallest absolute Gasteiger partial charge is 0.328 e. The van der Waals surface area contributed by atoms with E-state index >= 15 is 0 Å². The third-order valence-corrected chi connectivity index (χ3v) is 7.94. The van der Waals surface area contributed by atoms with E-state index in [1.54, 1.807) is 11.0 Å². The summed E-state index contributed by atoms with van der Waals surface area (Å²) in [5, 5.41) is 17.7. The third-order valence-electron chi connectivity index (χ3n) is 5.91. The summed E-state index contributed by atoms with van der Waals surface area (Å²) in [6, 6.07) is 1.28. The number of sulfone groups is 1. The number of hydroxylamine groups is 1. The van der Waals surface area contributed by atoms with Crippen molar-refractivity contribution < 1.29 is 32.7 Å². The fourth-order valence-corrected chi connectivity index (χ4v) is 4.53. The monoisotopic (exact) mass is 480 g/mol. The van der Waals surface area contributed by atoms with E-state index in [1.165, 1.54) is 28.1 Å². The highest BCUT2D eigenvalue weighted by Gasteiger charge is 2.44. The summed E-state index contributed by atoms with van der Waals surface area (Å²) >= 11 is 0. The normalized spacial score (nSPS) is 18.8. The summed E-state index contributed by atoms with van der Waals surface area (Å²) in [4.78, 5) is 27.7. The third kappa shape index (κ3) is 5.04. The van der Waals surface area contributed by atoms with Gasteiger partial charge >= 0.3 is 6.03 Å². The number of alkyl halides is 1. The van der Waals surface area contributed by atoms with E-state index in [0.29, 0.717) is 17.8 Å². The molecule has 1 fully saturated rings. The fourth-order valence-electron chi connectivity index (χ4n) is 3.69. The number of nitrogens with one attached hydrogen (secondary N) is 1. The first-order valence-corrected chi connectivity index (χ1v) is 12.0. The Morgan fingerprint density at radius 2 is 2.03 bits per heavy atom. The summed E-state index contributed by atoms with van der Waals surface area (Å²) in [6.07, 6.45) is 2.21. The van der Waals surface area contributed by atoms with Crippen molar-refractivity contribution in [1.82, 2.24) is 19.8 Å². The maximum atomic E-state index is 14.2. The molecule has 0 bridgehead atoms. The first-order valence-electron chi connectivity index (χ1n) is 10.1. The molecule has 0 spiro atoms. The molecule has 0 radical (unpaired) electrons. The molecule has 10 nitrogen and oxygen atoms in total. The first kappa shape index (κ1) is 24.7. The zero-order valence-electron chi connectivity index (χ0n) is 18.3. The van der Waals surface area contributed by atoms with Crippen molar-refractivity contribution in [3.63, 3.8) is 0 Å². The molecule has 0 aliphatic carbocycles. The number of carbonyl (C=O) groups excluding carboxylic acids is 2. The molecule has 0 aromatic carbocycles. The van der Waals surface area contributed by atoms with Gasteiger partial charge in [-0.15, -0.1) is 0 Å². The van der Waals surface area contributed by atoms with Gasteiger partial charge in [-0.05, 0) is 37.2 Å². The minimum Gasteiger partial charge on any atom is -0.395 e. The standard InChI is InChI=1S/C21H25FN4O6S/c1-20(18(28)23-30,33(2,31)32)7-8-25-13-17-11-16(12-26(17)19(25)29)5-3-4-6-21(22)14-24(15-21)9-10-27/h11-12,27,30H,7-10,13-15H2,1-2H3,(H,23,28)/t20-/m1/s1. The van der Waals surface area contributed by atoms with Crippen molar-refractivity contribution >= 4 is 21.8 Å². The molecule has 2 amide bonds. The van der Waals surface area contributed by atoms with Crippen molar-refractivity contribution in [3.8, 4) is 23.7 Å². The molecule has 3 rings (SSSR count). The average Bonchev–Trinajstić information content (AvgIpc) is 3.25. The van der Waals surface area contributed by atoms with Crippen LogP contribution in [0.15, 0.2) is 12.3 Å². The van der Waals surface area contributed by atoms with Gasteiger partial charge in [-0.3, -0.25) is 19.5 Å². The van der Waals surface area contributed by atoms with Gasteiger partial charge in [0.05, 0.1) is 13.2 Å². The molecule has 33 heavy (non-hydrogen) atoms. The lowest BCUT2D eigenvalue weighted by atomic mass is 9.97. The van der Waals surface area contributed by atoms with Crippen LogP contribution in [0.1, 0.15) is 24.6 Å². The number of β-amino-alcohol motifs (C(OH)–C–C–N with tert-alkyl or cyclic N) is 1. The SMILES string of the molecule is C[C@@](CCN1Cc2cc(C#CC#CC3(F)CN(CCO)C3)cn2C1=O)(C(=O)NO)S(C)(=O)=O. The van der Waals surface area contributed by atoms with E-state index in [1.807, 2.05) is 0 Å². The van der Waals surface area contributed by atoms with Gasteiger partial charge < -0.3 is 10.0 Å². The van der Waals surface area contributed by atoms with Gasteiger partial charge in [-0.1, -0.05) is 5.92 Å². The molecule has 3 N–H and O–H groups in total. The zero-order valence-corrected chi connectivity index (χ0v) is 19.1. The number of amides is 2. The molecule has 1 saturated heterocycles. The second-order valence-corrected chi connectivity index (χ2v) is 10.8. The van der Waals surface area contributed by atoms with Gasteiger partial charge in [0, 0.05) is 49.9 Å². The maximum Gasteiger partial charge on any atom is 0.328 e. The molecular formula is C21H25FN4O6S. The summed E-state index contributed by atoms with van der Waals surface area (Å²) in [6.45, 7) is 2.00. The molecule has 0 unspecified atom stereocenters. The summed E-state index contributed by atoms with van der Waals surface area (Å²) < 4.78 is 37.9. The van der Waals surface area contributed by atoms with Crippen LogP contribution in [0.3, 0.4) is 0 Å². The Bertz CT molecular complexity index is 1180. The Labute approximate surface area is 191 Å². The zero-order chi connectivity index (χ0) is 24.4. The number of hydrogen-bond acceptors (Lipinski definition) is 7. The number of aromatic nitrogens is 1. The Balaban J connectivity index is 1.61. The van der Waals surface area contributed by atoms with Gasteiger partial charge in [0.25, 0.3) is 5.91 Å². The van der Waals surface area contributed by atoms with Crippen LogP contribution in [-0.2, 0) is 21.2 Å². The number of fused-ring (bicyclic) bond motifs is 1. The summed E-state index contributed by atoms with van der Waals surface area (Å²) in [7, 11) is -3.86. The Kier molecular flexibility index (Phi) is 6.86. The highest BCUT2D eigenvalue weighted by molar-refractivity contribution is 7.92. The van der Waals surface area contributed by atoms with Crippen LogP contribution in [0, 0.1) is 23.7 Å². The van der Waals surface area contributed by atoms with Crippen LogP contribution in [0.4, 0.5) is 9.18 Å². The molecule has 2 aliphatic rings. The Hall–Kier alpha value is -2.90. The molecule has 0 saturated carbocycles. The second-order valence-electron chi connectivity index (χ2n) is 8.39. The predicted octanol–water partition coefficient (Wildman–Crippen LogP) is -0.658. The molecule has 2 aliphatic heterocycles. The van der Waals surface area contributed by atoms with Gasteiger partial charge in [0.1, 0.15) is 0 Å². The second kappa shape index (κ2) is 9.15. The molecular weight excluding hydrogens is 455 g/mol. The van der Waals surface area contributed by atoms with Gasteiger partial charge in [-0.2, -0.15) is 0 Å². The highest BCUT2D eigenvalue weighted by atomic mass is 32.2. The van der Waals surface area contributed by atoms with Crippen molar-refractivity contribution in [2.24, 2.45) is 0 Å². The lowest BCUT2D eigenvalue weighted by molar-refractivity contribution is -0.131. The summed E-state index contributed by atoms with van der Waals surface area (Å²) in [5.74, 6) is 9.26. The van der Waals surface area contributed by atoms with E-state index in [0.717, 1.165) is 6.26 Å². The van der Waals surface area contributed by atoms with Crippen LogP contribution in [0.2, 0.25) is 0 Å². The quantitative estimate of drug-likeness (QED) is 0.268. The van der Waals surface area contributed by atoms with Crippen LogP contribution in [0.5, 0.6) is 0 Å². The number of likely N-dealkylation sites (tertiary alicyclic amines) is 1. The van der Waals surface area contributed by atoms with E-state index in [-0.39, 0.29) is 39.2 Å². The number of carbonyl (C=O) groups is 2. The Morgan fingerprint density at radius 1 is 1.33 bits per heavy atom. The maximum absolute atomic E-state index is 14.2. The van der Waals surface area contributed by atoms with Crippen LogP contribution >= 0.6 is 0 Å². The molecule has 178 valence electrons. The predicted molar refractivity (Wildman–Crippen MR) is 115 cm³/mol. The lowest BCUT2D eigenvalue weighted by Crippen LogP contribution is -2.58. The van der Waals surface area contributed by atoms with E-state index in [2.05, 4.69) is 23.7 Å². The van der Waals surface area contributed by atoms with E-state index in [9.17, 15) is 22.4 Å². The molecule has 1 aromatic heterocycles. The van der Waals surface area contributed by atoms with Crippen molar-refractivity contribution in [3.05, 3.63) is 23.5 Å². The molecule has 1 atom stereocenters. The lowest BCUT2D eigenvalue weighted by Gasteiger charge is -2.40. The number of halogens is 1. The van der Waals surface area contributed by atoms with Crippen molar-refractivity contribution in [1.29, 1.82) is 0 Å². The van der Waals surface area contributed by atoms with Crippen LogP contribution < -0.4 is 5.48 Å². The van der Waals surface area contributed by atoms with E-state index < -0.39 is 32.2 Å². The number of aliphatic hydroxyl groups excluding tert-OH is 1. The number of nitrogens with zero attached hydrogens (tertiary/aromatic N) is 3. The number of rotatable bonds is 7. The van der Waals surface area contributed by atoms with Crippen LogP contribution in [0.25, 0.3) is 0 Å². The molecule has 3 heterocycles. The fraction of sp³-hybridized carbons (Fsp3) is 0.524. The molecule has 1 aromatic rings. The van der Waals surface area contributed by atoms with Crippen LogP contribution in [-0.4, -0.2) is 94.5 Å². The van der Waals surface area contributed by atoms with Gasteiger partial charge in [0.15, 0.2) is 20.3 Å². The van der Waals surface area contributed by atoms with Gasteiger partial charge in [-0.25, -0.2) is 23.1 Å². The average molecular weight is 481 g/mol. The first-order chi connectivity index (χ1) is 15.4. The highest BCUT2D eigenvalue weighted by Crippen LogP contribution is 2.26.